The summed E-state index contributed by atoms with van der Waals surface area (Å²) >= 11 is 6.01. The first kappa shape index (κ1) is 14.6. The summed E-state index contributed by atoms with van der Waals surface area (Å²) in [5.41, 5.74) is 2.23. The van der Waals surface area contributed by atoms with Gasteiger partial charge in [-0.3, -0.25) is 4.79 Å². The normalized spacial score (nSPS) is 11.2. The molecule has 2 aromatic rings. The second kappa shape index (κ2) is 5.68. The van der Waals surface area contributed by atoms with Crippen molar-refractivity contribution < 1.29 is 4.79 Å². The maximum atomic E-state index is 12.3. The molecule has 2 aromatic carbocycles. The Bertz CT molecular complexity index is 634. The largest absolute Gasteiger partial charge is 0.343 e. The van der Waals surface area contributed by atoms with E-state index >= 15 is 0 Å². The van der Waals surface area contributed by atoms with Crippen molar-refractivity contribution in [2.75, 3.05) is 0 Å². The molecule has 2 rings (SSSR count). The maximum Gasteiger partial charge on any atom is 0.251 e. The van der Waals surface area contributed by atoms with Gasteiger partial charge in [-0.15, -0.1) is 0 Å². The van der Waals surface area contributed by atoms with Gasteiger partial charge in [0.2, 0.25) is 0 Å². The number of rotatable bonds is 3. The fraction of sp³-hybridized carbons (Fsp3) is 0.235. The van der Waals surface area contributed by atoms with E-state index in [1.54, 1.807) is 0 Å². The van der Waals surface area contributed by atoms with Gasteiger partial charge in [-0.05, 0) is 50.6 Å². The van der Waals surface area contributed by atoms with Gasteiger partial charge in [0.25, 0.3) is 5.91 Å². The minimum Gasteiger partial charge on any atom is -0.343 e. The summed E-state index contributed by atoms with van der Waals surface area (Å²) in [5.74, 6) is -0.0846. The van der Waals surface area contributed by atoms with Crippen molar-refractivity contribution in [3.05, 3.63) is 70.2 Å². The van der Waals surface area contributed by atoms with Crippen LogP contribution in [0.1, 0.15) is 35.3 Å². The fourth-order valence-electron chi connectivity index (χ4n) is 2.09. The minimum absolute atomic E-state index is 0.0846. The van der Waals surface area contributed by atoms with Gasteiger partial charge in [0.1, 0.15) is 0 Å². The lowest BCUT2D eigenvalue weighted by Gasteiger charge is -2.27. The van der Waals surface area contributed by atoms with Crippen LogP contribution in [0.3, 0.4) is 0 Å². The molecule has 0 bridgehead atoms. The van der Waals surface area contributed by atoms with E-state index in [9.17, 15) is 4.79 Å². The first-order valence-corrected chi connectivity index (χ1v) is 6.91. The second-order valence-electron chi connectivity index (χ2n) is 5.46. The third-order valence-corrected chi connectivity index (χ3v) is 3.49. The molecule has 0 saturated heterocycles. The summed E-state index contributed by atoms with van der Waals surface area (Å²) in [6.07, 6.45) is 0. The van der Waals surface area contributed by atoms with Crippen LogP contribution in [0, 0.1) is 6.92 Å². The molecule has 0 atom stereocenters. The van der Waals surface area contributed by atoms with Crippen LogP contribution in [0.2, 0.25) is 5.02 Å². The average Bonchev–Trinajstić information content (AvgIpc) is 2.38. The summed E-state index contributed by atoms with van der Waals surface area (Å²) in [7, 11) is 0. The zero-order chi connectivity index (χ0) is 14.8. The number of hydrogen-bond donors (Lipinski definition) is 1. The van der Waals surface area contributed by atoms with Crippen molar-refractivity contribution in [1.82, 2.24) is 5.32 Å². The van der Waals surface area contributed by atoms with Crippen LogP contribution in [0.5, 0.6) is 0 Å². The molecule has 0 aromatic heterocycles. The quantitative estimate of drug-likeness (QED) is 0.895. The van der Waals surface area contributed by atoms with E-state index in [2.05, 4.69) is 5.32 Å². The van der Waals surface area contributed by atoms with Gasteiger partial charge in [0, 0.05) is 10.6 Å². The monoisotopic (exact) mass is 287 g/mol. The van der Waals surface area contributed by atoms with E-state index in [0.29, 0.717) is 10.6 Å². The Morgan fingerprint density at radius 2 is 1.80 bits per heavy atom. The molecule has 0 aliphatic rings. The number of halogens is 1. The van der Waals surface area contributed by atoms with E-state index in [4.69, 9.17) is 11.6 Å². The Morgan fingerprint density at radius 3 is 2.45 bits per heavy atom. The highest BCUT2D eigenvalue weighted by molar-refractivity contribution is 6.30. The fourth-order valence-corrected chi connectivity index (χ4v) is 2.28. The van der Waals surface area contributed by atoms with Gasteiger partial charge in [-0.1, -0.05) is 41.4 Å². The summed E-state index contributed by atoms with van der Waals surface area (Å²) < 4.78 is 0. The summed E-state index contributed by atoms with van der Waals surface area (Å²) in [6, 6.07) is 15.1. The first-order valence-electron chi connectivity index (χ1n) is 6.54. The number of nitrogens with one attached hydrogen (secondary N) is 1. The maximum absolute atomic E-state index is 12.3. The van der Waals surface area contributed by atoms with Gasteiger partial charge in [0.05, 0.1) is 5.54 Å². The summed E-state index contributed by atoms with van der Waals surface area (Å²) in [4.78, 5) is 12.3. The molecule has 3 heteroatoms. The van der Waals surface area contributed by atoms with Crippen molar-refractivity contribution in [2.45, 2.75) is 26.3 Å². The smallest absolute Gasteiger partial charge is 0.251 e. The Hall–Kier alpha value is -1.80. The van der Waals surface area contributed by atoms with Crippen LogP contribution in [0.15, 0.2) is 48.5 Å². The van der Waals surface area contributed by atoms with E-state index < -0.39 is 5.54 Å². The molecule has 0 radical (unpaired) electrons. The van der Waals surface area contributed by atoms with Crippen LogP contribution >= 0.6 is 11.6 Å². The van der Waals surface area contributed by atoms with E-state index in [-0.39, 0.29) is 5.91 Å². The highest BCUT2D eigenvalue weighted by atomic mass is 35.5. The van der Waals surface area contributed by atoms with Gasteiger partial charge < -0.3 is 5.32 Å². The molecule has 20 heavy (non-hydrogen) atoms. The van der Waals surface area contributed by atoms with Crippen LogP contribution in [0.25, 0.3) is 0 Å². The third-order valence-electron chi connectivity index (χ3n) is 3.25. The van der Waals surface area contributed by atoms with Gasteiger partial charge in [0.15, 0.2) is 0 Å². The lowest BCUT2D eigenvalue weighted by molar-refractivity contribution is 0.0912. The van der Waals surface area contributed by atoms with Crippen molar-refractivity contribution in [2.24, 2.45) is 0 Å². The van der Waals surface area contributed by atoms with Gasteiger partial charge in [-0.2, -0.15) is 0 Å². The van der Waals surface area contributed by atoms with Crippen molar-refractivity contribution in [1.29, 1.82) is 0 Å². The number of carbonyl (C=O) groups is 1. The number of amides is 1. The number of aryl methyl sites for hydroxylation is 1. The second-order valence-corrected chi connectivity index (χ2v) is 5.90. The first-order chi connectivity index (χ1) is 9.38. The van der Waals surface area contributed by atoms with Crippen LogP contribution < -0.4 is 5.32 Å². The molecule has 0 unspecified atom stereocenters. The number of hydrogen-bond acceptors (Lipinski definition) is 1. The van der Waals surface area contributed by atoms with E-state index in [1.165, 1.54) is 0 Å². The lowest BCUT2D eigenvalue weighted by atomic mass is 9.94. The Balaban J connectivity index is 2.22. The van der Waals surface area contributed by atoms with Crippen molar-refractivity contribution >= 4 is 17.5 Å². The highest BCUT2D eigenvalue weighted by Crippen LogP contribution is 2.23. The molecule has 0 fully saturated rings. The van der Waals surface area contributed by atoms with Crippen molar-refractivity contribution in [3.63, 3.8) is 0 Å². The standard InChI is InChI=1S/C17H18ClNO/c1-12-6-4-7-13(10-12)16(20)19-17(2,3)14-8-5-9-15(18)11-14/h4-11H,1-3H3,(H,19,20). The molecule has 104 valence electrons. The van der Waals surface area contributed by atoms with Crippen LogP contribution in [0.4, 0.5) is 0 Å². The van der Waals surface area contributed by atoms with E-state index in [1.807, 2.05) is 69.3 Å². The predicted octanol–water partition coefficient (Wildman–Crippen LogP) is 4.31. The Kier molecular flexibility index (Phi) is 4.15. The summed E-state index contributed by atoms with van der Waals surface area (Å²) in [6.45, 7) is 5.90. The Labute approximate surface area is 124 Å². The van der Waals surface area contributed by atoms with Crippen LogP contribution in [-0.2, 0) is 5.54 Å². The summed E-state index contributed by atoms with van der Waals surface area (Å²) in [5, 5.41) is 3.71. The number of benzene rings is 2. The topological polar surface area (TPSA) is 29.1 Å². The molecule has 0 saturated carbocycles. The third kappa shape index (κ3) is 3.40. The minimum atomic E-state index is -0.480. The molecule has 0 heterocycles. The molecule has 0 spiro atoms. The molecule has 1 amide bonds. The SMILES string of the molecule is Cc1cccc(C(=O)NC(C)(C)c2cccc(Cl)c2)c1. The lowest BCUT2D eigenvalue weighted by Crippen LogP contribution is -2.41. The number of carbonyl (C=O) groups excluding carboxylic acids is 1. The van der Waals surface area contributed by atoms with Crippen molar-refractivity contribution in [3.8, 4) is 0 Å². The van der Waals surface area contributed by atoms with E-state index in [0.717, 1.165) is 11.1 Å². The average molecular weight is 288 g/mol. The molecular formula is C17H18ClNO. The zero-order valence-corrected chi connectivity index (χ0v) is 12.7. The zero-order valence-electron chi connectivity index (χ0n) is 11.9. The van der Waals surface area contributed by atoms with Gasteiger partial charge in [-0.25, -0.2) is 0 Å². The van der Waals surface area contributed by atoms with Crippen LogP contribution in [-0.4, -0.2) is 5.91 Å². The molecule has 1 N–H and O–H groups in total. The molecule has 2 nitrogen and oxygen atoms in total. The molecular weight excluding hydrogens is 270 g/mol. The van der Waals surface area contributed by atoms with Gasteiger partial charge >= 0.3 is 0 Å². The molecule has 0 aliphatic carbocycles. The predicted molar refractivity (Wildman–Crippen MR) is 83.1 cm³/mol. The molecule has 0 aliphatic heterocycles. The highest BCUT2D eigenvalue weighted by Gasteiger charge is 2.23. The Morgan fingerprint density at radius 1 is 1.10 bits per heavy atom.